The van der Waals surface area contributed by atoms with E-state index in [2.05, 4.69) is 0 Å². The van der Waals surface area contributed by atoms with Gasteiger partial charge in [-0.3, -0.25) is 0 Å². The second-order valence-corrected chi connectivity index (χ2v) is 6.01. The van der Waals surface area contributed by atoms with Crippen molar-refractivity contribution >= 4 is 0 Å². The van der Waals surface area contributed by atoms with Crippen molar-refractivity contribution in [2.45, 2.75) is 64.0 Å². The van der Waals surface area contributed by atoms with E-state index in [4.69, 9.17) is 14.6 Å². The summed E-state index contributed by atoms with van der Waals surface area (Å²) < 4.78 is 10.6. The van der Waals surface area contributed by atoms with Gasteiger partial charge in [0.15, 0.2) is 6.29 Å². The van der Waals surface area contributed by atoms with Crippen LogP contribution in [0.3, 0.4) is 0 Å². The van der Waals surface area contributed by atoms with E-state index in [-0.39, 0.29) is 6.61 Å². The number of aliphatic hydroxyl groups excluding tert-OH is 5. The zero-order valence-corrected chi connectivity index (χ0v) is 13.8. The fourth-order valence-electron chi connectivity index (χ4n) is 2.15. The lowest BCUT2D eigenvalue weighted by Gasteiger charge is -2.39. The minimum atomic E-state index is -1.46. The van der Waals surface area contributed by atoms with Gasteiger partial charge in [-0.1, -0.05) is 17.7 Å². The Labute approximate surface area is 136 Å². The van der Waals surface area contributed by atoms with Crippen LogP contribution in [-0.4, -0.2) is 75.6 Å². The molecule has 6 unspecified atom stereocenters. The van der Waals surface area contributed by atoms with E-state index in [1.807, 2.05) is 19.9 Å². The molecule has 1 aliphatic rings. The van der Waals surface area contributed by atoms with Crippen LogP contribution in [0.5, 0.6) is 0 Å². The molecule has 0 aromatic heterocycles. The van der Waals surface area contributed by atoms with Gasteiger partial charge in [-0.05, 0) is 32.8 Å². The van der Waals surface area contributed by atoms with Gasteiger partial charge < -0.3 is 35.0 Å². The quantitative estimate of drug-likeness (QED) is 0.397. The molecule has 0 saturated carbocycles. The summed E-state index contributed by atoms with van der Waals surface area (Å²) in [5.74, 6) is 0. The summed E-state index contributed by atoms with van der Waals surface area (Å²) >= 11 is 0. The molecule has 23 heavy (non-hydrogen) atoms. The van der Waals surface area contributed by atoms with Crippen LogP contribution < -0.4 is 0 Å². The Morgan fingerprint density at radius 3 is 2.30 bits per heavy atom. The highest BCUT2D eigenvalue weighted by Crippen LogP contribution is 2.22. The lowest BCUT2D eigenvalue weighted by Crippen LogP contribution is -2.59. The summed E-state index contributed by atoms with van der Waals surface area (Å²) in [7, 11) is 0. The fourth-order valence-corrected chi connectivity index (χ4v) is 2.15. The van der Waals surface area contributed by atoms with Crippen LogP contribution in [0.25, 0.3) is 0 Å². The SMILES string of the molecule is CC(C)=CCC(O)C(C)=CCOC1OC(CO)C(O)C(O)C1O. The van der Waals surface area contributed by atoms with Gasteiger partial charge in [-0.25, -0.2) is 0 Å². The summed E-state index contributed by atoms with van der Waals surface area (Å²) in [6.07, 6.45) is -2.97. The molecule has 0 aromatic carbocycles. The summed E-state index contributed by atoms with van der Waals surface area (Å²) in [6.45, 7) is 5.23. The molecule has 1 saturated heterocycles. The lowest BCUT2D eigenvalue weighted by molar-refractivity contribution is -0.298. The van der Waals surface area contributed by atoms with Crippen LogP contribution >= 0.6 is 0 Å². The highest BCUT2D eigenvalue weighted by atomic mass is 16.7. The first kappa shape index (κ1) is 20.2. The largest absolute Gasteiger partial charge is 0.394 e. The average Bonchev–Trinajstić information content (AvgIpc) is 2.52. The van der Waals surface area contributed by atoms with Crippen molar-refractivity contribution in [3.8, 4) is 0 Å². The first-order valence-electron chi connectivity index (χ1n) is 7.68. The van der Waals surface area contributed by atoms with Crippen LogP contribution in [0.1, 0.15) is 27.2 Å². The second kappa shape index (κ2) is 9.48. The van der Waals surface area contributed by atoms with Crippen molar-refractivity contribution in [1.29, 1.82) is 0 Å². The molecule has 0 radical (unpaired) electrons. The molecule has 0 spiro atoms. The van der Waals surface area contributed by atoms with Crippen LogP contribution in [0.2, 0.25) is 0 Å². The maximum absolute atomic E-state index is 9.96. The van der Waals surface area contributed by atoms with Gasteiger partial charge in [-0.15, -0.1) is 0 Å². The molecule has 1 aliphatic heterocycles. The molecule has 7 heteroatoms. The summed E-state index contributed by atoms with van der Waals surface area (Å²) in [5.41, 5.74) is 1.83. The third kappa shape index (κ3) is 5.96. The second-order valence-electron chi connectivity index (χ2n) is 6.01. The van der Waals surface area contributed by atoms with Crippen LogP contribution in [0, 0.1) is 0 Å². The third-order valence-corrected chi connectivity index (χ3v) is 3.79. The zero-order valence-electron chi connectivity index (χ0n) is 13.8. The lowest BCUT2D eigenvalue weighted by atomic mass is 9.99. The Bertz CT molecular complexity index is 415. The topological polar surface area (TPSA) is 120 Å². The van der Waals surface area contributed by atoms with E-state index in [0.29, 0.717) is 12.0 Å². The molecule has 0 aliphatic carbocycles. The maximum atomic E-state index is 9.96. The summed E-state index contributed by atoms with van der Waals surface area (Å²) in [4.78, 5) is 0. The molecule has 1 fully saturated rings. The first-order valence-corrected chi connectivity index (χ1v) is 7.68. The molecule has 7 nitrogen and oxygen atoms in total. The van der Waals surface area contributed by atoms with Gasteiger partial charge in [0.05, 0.1) is 19.3 Å². The molecule has 0 bridgehead atoms. The smallest absolute Gasteiger partial charge is 0.187 e. The minimum absolute atomic E-state index is 0.0560. The Kier molecular flexibility index (Phi) is 8.35. The van der Waals surface area contributed by atoms with Crippen molar-refractivity contribution < 1.29 is 35.0 Å². The maximum Gasteiger partial charge on any atom is 0.187 e. The standard InChI is InChI=1S/C16H28O7/c1-9(2)4-5-11(18)10(3)6-7-22-16-15(21)14(20)13(19)12(8-17)23-16/h4,6,11-21H,5,7-8H2,1-3H3. The number of ether oxygens (including phenoxy) is 2. The number of hydrogen-bond acceptors (Lipinski definition) is 7. The number of allylic oxidation sites excluding steroid dienone is 1. The van der Waals surface area contributed by atoms with Crippen LogP contribution in [-0.2, 0) is 9.47 Å². The molecule has 0 aromatic rings. The first-order chi connectivity index (χ1) is 10.8. The monoisotopic (exact) mass is 332 g/mol. The molecule has 0 amide bonds. The molecule has 6 atom stereocenters. The van der Waals surface area contributed by atoms with E-state index >= 15 is 0 Å². The minimum Gasteiger partial charge on any atom is -0.394 e. The van der Waals surface area contributed by atoms with E-state index in [1.165, 1.54) is 0 Å². The Morgan fingerprint density at radius 2 is 1.74 bits per heavy atom. The Hall–Kier alpha value is -0.800. The van der Waals surface area contributed by atoms with Crippen molar-refractivity contribution in [1.82, 2.24) is 0 Å². The van der Waals surface area contributed by atoms with Gasteiger partial charge in [0.25, 0.3) is 0 Å². The Morgan fingerprint density at radius 1 is 1.09 bits per heavy atom. The average molecular weight is 332 g/mol. The number of rotatable bonds is 7. The molecule has 5 N–H and O–H groups in total. The van der Waals surface area contributed by atoms with E-state index < -0.39 is 43.4 Å². The van der Waals surface area contributed by atoms with E-state index in [0.717, 1.165) is 5.57 Å². The normalized spacial score (nSPS) is 33.4. The zero-order chi connectivity index (χ0) is 17.6. The van der Waals surface area contributed by atoms with Gasteiger partial charge in [0.2, 0.25) is 0 Å². The Balaban J connectivity index is 2.53. The third-order valence-electron chi connectivity index (χ3n) is 3.79. The molecular formula is C16H28O7. The number of hydrogen-bond donors (Lipinski definition) is 5. The van der Waals surface area contributed by atoms with Gasteiger partial charge >= 0.3 is 0 Å². The van der Waals surface area contributed by atoms with E-state index in [9.17, 15) is 20.4 Å². The van der Waals surface area contributed by atoms with Crippen LogP contribution in [0.15, 0.2) is 23.3 Å². The highest BCUT2D eigenvalue weighted by Gasteiger charge is 2.43. The molecule has 134 valence electrons. The van der Waals surface area contributed by atoms with Crippen molar-refractivity contribution in [2.24, 2.45) is 0 Å². The molecular weight excluding hydrogens is 304 g/mol. The molecule has 1 heterocycles. The van der Waals surface area contributed by atoms with Crippen molar-refractivity contribution in [3.05, 3.63) is 23.3 Å². The predicted octanol–water partition coefficient (Wildman–Crippen LogP) is -0.534. The summed E-state index contributed by atoms with van der Waals surface area (Å²) in [6, 6.07) is 0. The van der Waals surface area contributed by atoms with Crippen molar-refractivity contribution in [2.75, 3.05) is 13.2 Å². The molecule has 1 rings (SSSR count). The van der Waals surface area contributed by atoms with Crippen LogP contribution in [0.4, 0.5) is 0 Å². The fraction of sp³-hybridized carbons (Fsp3) is 0.750. The predicted molar refractivity (Wildman–Crippen MR) is 83.5 cm³/mol. The summed E-state index contributed by atoms with van der Waals surface area (Å²) in [5, 5.41) is 48.2. The highest BCUT2D eigenvalue weighted by molar-refractivity contribution is 5.08. The van der Waals surface area contributed by atoms with Gasteiger partial charge in [0.1, 0.15) is 24.4 Å². The van der Waals surface area contributed by atoms with Gasteiger partial charge in [0, 0.05) is 0 Å². The van der Waals surface area contributed by atoms with E-state index in [1.54, 1.807) is 13.0 Å². The number of aliphatic hydroxyl groups is 5. The van der Waals surface area contributed by atoms with Crippen molar-refractivity contribution in [3.63, 3.8) is 0 Å². The van der Waals surface area contributed by atoms with Gasteiger partial charge in [-0.2, -0.15) is 0 Å².